The van der Waals surface area contributed by atoms with Crippen molar-refractivity contribution in [3.63, 3.8) is 0 Å². The molecule has 0 aliphatic carbocycles. The molecule has 100 valence electrons. The van der Waals surface area contributed by atoms with Crippen molar-refractivity contribution >= 4 is 17.1 Å². The van der Waals surface area contributed by atoms with Crippen molar-refractivity contribution in [2.45, 2.75) is 13.5 Å². The van der Waals surface area contributed by atoms with Gasteiger partial charge in [-0.15, -0.1) is 11.3 Å². The van der Waals surface area contributed by atoms with E-state index in [4.69, 9.17) is 9.47 Å². The van der Waals surface area contributed by atoms with Gasteiger partial charge in [-0.1, -0.05) is 12.1 Å². The Balaban J connectivity index is 1.95. The van der Waals surface area contributed by atoms with Crippen molar-refractivity contribution in [1.82, 2.24) is 0 Å². The van der Waals surface area contributed by atoms with Gasteiger partial charge < -0.3 is 9.47 Å². The number of hydrogen-bond donors (Lipinski definition) is 0. The van der Waals surface area contributed by atoms with Crippen LogP contribution in [0.2, 0.25) is 0 Å². The Hall–Kier alpha value is -1.65. The van der Waals surface area contributed by atoms with Crippen molar-refractivity contribution in [3.05, 3.63) is 51.7 Å². The third-order valence-electron chi connectivity index (χ3n) is 2.59. The summed E-state index contributed by atoms with van der Waals surface area (Å²) in [6.45, 7) is 2.59. The van der Waals surface area contributed by atoms with E-state index in [0.29, 0.717) is 12.4 Å². The van der Waals surface area contributed by atoms with Gasteiger partial charge in [0.2, 0.25) is 5.78 Å². The van der Waals surface area contributed by atoms with Crippen LogP contribution in [0.4, 0.5) is 0 Å². The van der Waals surface area contributed by atoms with E-state index in [-0.39, 0.29) is 12.4 Å². The van der Waals surface area contributed by atoms with Gasteiger partial charge in [-0.25, -0.2) is 0 Å². The molecule has 0 aliphatic heterocycles. The molecule has 1 heterocycles. The lowest BCUT2D eigenvalue weighted by Gasteiger charge is -2.06. The maximum absolute atomic E-state index is 11.9. The molecule has 0 saturated heterocycles. The van der Waals surface area contributed by atoms with Crippen LogP contribution < -0.4 is 4.74 Å². The number of rotatable bonds is 6. The summed E-state index contributed by atoms with van der Waals surface area (Å²) >= 11 is 1.49. The first kappa shape index (κ1) is 13.8. The zero-order chi connectivity index (χ0) is 13.7. The molecule has 0 radical (unpaired) electrons. The number of carbonyl (C=O) groups is 1. The predicted molar refractivity (Wildman–Crippen MR) is 76.0 cm³/mol. The van der Waals surface area contributed by atoms with Crippen LogP contribution in [0, 0.1) is 6.92 Å². The van der Waals surface area contributed by atoms with Gasteiger partial charge in [0, 0.05) is 12.0 Å². The first-order valence-corrected chi connectivity index (χ1v) is 6.81. The number of ether oxygens (including phenoxy) is 2. The number of benzene rings is 1. The first-order valence-electron chi connectivity index (χ1n) is 5.99. The highest BCUT2D eigenvalue weighted by molar-refractivity contribution is 7.14. The quantitative estimate of drug-likeness (QED) is 0.758. The van der Waals surface area contributed by atoms with Crippen LogP contribution in [0.15, 0.2) is 36.4 Å². The minimum atomic E-state index is 0.00949. The lowest BCUT2D eigenvalue weighted by Crippen LogP contribution is -2.10. The molecule has 0 atom stereocenters. The summed E-state index contributed by atoms with van der Waals surface area (Å²) in [6.07, 6.45) is 0. The fourth-order valence-corrected chi connectivity index (χ4v) is 2.49. The monoisotopic (exact) mass is 276 g/mol. The van der Waals surface area contributed by atoms with Crippen LogP contribution in [0.25, 0.3) is 0 Å². The van der Waals surface area contributed by atoms with Gasteiger partial charge in [0.25, 0.3) is 0 Å². The zero-order valence-corrected chi connectivity index (χ0v) is 11.8. The molecular formula is C15H16O3S. The van der Waals surface area contributed by atoms with E-state index in [0.717, 1.165) is 15.3 Å². The van der Waals surface area contributed by atoms with E-state index >= 15 is 0 Å². The minimum Gasteiger partial charge on any atom is -0.485 e. The maximum Gasteiger partial charge on any atom is 0.210 e. The van der Waals surface area contributed by atoms with Crippen molar-refractivity contribution in [3.8, 4) is 5.75 Å². The van der Waals surface area contributed by atoms with Crippen molar-refractivity contribution in [2.75, 3.05) is 13.7 Å². The van der Waals surface area contributed by atoms with Crippen LogP contribution in [0.5, 0.6) is 5.75 Å². The van der Waals surface area contributed by atoms with Gasteiger partial charge in [0.05, 0.1) is 11.5 Å². The Bertz CT molecular complexity index is 560. The molecule has 3 nitrogen and oxygen atoms in total. The van der Waals surface area contributed by atoms with E-state index in [2.05, 4.69) is 0 Å². The first-order chi connectivity index (χ1) is 9.19. The van der Waals surface area contributed by atoms with Crippen LogP contribution in [0.3, 0.4) is 0 Å². The molecule has 0 amide bonds. The molecule has 4 heteroatoms. The van der Waals surface area contributed by atoms with E-state index in [1.54, 1.807) is 7.11 Å². The summed E-state index contributed by atoms with van der Waals surface area (Å²) in [5, 5.41) is 0. The summed E-state index contributed by atoms with van der Waals surface area (Å²) < 4.78 is 10.6. The summed E-state index contributed by atoms with van der Waals surface area (Å²) in [4.78, 5) is 13.8. The molecule has 2 rings (SSSR count). The summed E-state index contributed by atoms with van der Waals surface area (Å²) in [5.41, 5.74) is 1.03. The Morgan fingerprint density at radius 2 is 2.11 bits per heavy atom. The highest BCUT2D eigenvalue weighted by Gasteiger charge is 2.09. The molecular weight excluding hydrogens is 260 g/mol. The normalized spacial score (nSPS) is 10.4. The summed E-state index contributed by atoms with van der Waals surface area (Å²) in [5.74, 6) is 0.700. The van der Waals surface area contributed by atoms with Gasteiger partial charge in [0.15, 0.2) is 6.61 Å². The number of methoxy groups -OCH3 is 1. The minimum absolute atomic E-state index is 0.00949. The van der Waals surface area contributed by atoms with Crippen LogP contribution in [-0.4, -0.2) is 19.5 Å². The molecule has 0 N–H and O–H groups in total. The second-order valence-corrected chi connectivity index (χ2v) is 5.49. The number of thiophene rings is 1. The number of aryl methyl sites for hydroxylation is 1. The topological polar surface area (TPSA) is 35.5 Å². The zero-order valence-electron chi connectivity index (χ0n) is 11.0. The fourth-order valence-electron chi connectivity index (χ4n) is 1.70. The Morgan fingerprint density at radius 1 is 1.26 bits per heavy atom. The number of hydrogen-bond acceptors (Lipinski definition) is 4. The lowest BCUT2D eigenvalue weighted by molar-refractivity contribution is 0.0925. The molecule has 0 saturated carbocycles. The van der Waals surface area contributed by atoms with E-state index < -0.39 is 0 Å². The van der Waals surface area contributed by atoms with Gasteiger partial charge >= 0.3 is 0 Å². The average Bonchev–Trinajstić information content (AvgIpc) is 2.84. The lowest BCUT2D eigenvalue weighted by atomic mass is 10.2. The molecule has 2 aromatic rings. The maximum atomic E-state index is 11.9. The van der Waals surface area contributed by atoms with Crippen LogP contribution in [-0.2, 0) is 11.3 Å². The van der Waals surface area contributed by atoms with Crippen LogP contribution in [0.1, 0.15) is 20.1 Å². The largest absolute Gasteiger partial charge is 0.485 e. The smallest absolute Gasteiger partial charge is 0.210 e. The highest BCUT2D eigenvalue weighted by atomic mass is 32.1. The molecule has 1 aromatic carbocycles. The third-order valence-corrected chi connectivity index (χ3v) is 3.64. The second kappa shape index (κ2) is 6.50. The SMILES string of the molecule is COCc1cccc(OCC(=O)c2ccc(C)s2)c1. The van der Waals surface area contributed by atoms with E-state index in [1.165, 1.54) is 11.3 Å². The predicted octanol–water partition coefficient (Wildman–Crippen LogP) is 3.46. The molecule has 19 heavy (non-hydrogen) atoms. The Morgan fingerprint density at radius 3 is 2.79 bits per heavy atom. The second-order valence-electron chi connectivity index (χ2n) is 4.20. The molecule has 0 fully saturated rings. The number of ketones is 1. The molecule has 0 spiro atoms. The number of Topliss-reactive ketones (excluding diaryl/α,β-unsaturated/α-hetero) is 1. The molecule has 0 unspecified atom stereocenters. The van der Waals surface area contributed by atoms with Gasteiger partial charge in [0.1, 0.15) is 5.75 Å². The molecule has 1 aromatic heterocycles. The Labute approximate surface area is 116 Å². The van der Waals surface area contributed by atoms with Gasteiger partial charge in [-0.3, -0.25) is 4.79 Å². The van der Waals surface area contributed by atoms with Crippen molar-refractivity contribution in [1.29, 1.82) is 0 Å². The van der Waals surface area contributed by atoms with E-state index in [9.17, 15) is 4.79 Å². The molecule has 0 aliphatic rings. The fraction of sp³-hybridized carbons (Fsp3) is 0.267. The third kappa shape index (κ3) is 3.91. The van der Waals surface area contributed by atoms with E-state index in [1.807, 2.05) is 43.3 Å². The highest BCUT2D eigenvalue weighted by Crippen LogP contribution is 2.17. The average molecular weight is 276 g/mol. The van der Waals surface area contributed by atoms with Crippen molar-refractivity contribution in [2.24, 2.45) is 0 Å². The molecule has 0 bridgehead atoms. The van der Waals surface area contributed by atoms with Crippen LogP contribution >= 0.6 is 11.3 Å². The van der Waals surface area contributed by atoms with Gasteiger partial charge in [-0.05, 0) is 36.8 Å². The standard InChI is InChI=1S/C15H16O3S/c1-11-6-7-15(19-11)14(16)10-18-13-5-3-4-12(8-13)9-17-2/h3-8H,9-10H2,1-2H3. The summed E-state index contributed by atoms with van der Waals surface area (Å²) in [7, 11) is 1.65. The van der Waals surface area contributed by atoms with Crippen molar-refractivity contribution < 1.29 is 14.3 Å². The number of carbonyl (C=O) groups excluding carboxylic acids is 1. The summed E-state index contributed by atoms with van der Waals surface area (Å²) in [6, 6.07) is 11.4. The Kier molecular flexibility index (Phi) is 4.71. The van der Waals surface area contributed by atoms with Gasteiger partial charge in [-0.2, -0.15) is 0 Å².